The smallest absolute Gasteiger partial charge is 0.146 e. The van der Waals surface area contributed by atoms with Gasteiger partial charge < -0.3 is 14.8 Å². The number of nitrogens with zero attached hydrogens (tertiary/aromatic N) is 4. The second kappa shape index (κ2) is 6.60. The minimum atomic E-state index is 0.805. The van der Waals surface area contributed by atoms with E-state index in [2.05, 4.69) is 34.5 Å². The van der Waals surface area contributed by atoms with Gasteiger partial charge in [-0.05, 0) is 47.0 Å². The molecule has 16 heavy (non-hydrogen) atoms. The lowest BCUT2D eigenvalue weighted by molar-refractivity contribution is 0.391. The molecule has 0 aliphatic heterocycles. The van der Waals surface area contributed by atoms with Crippen molar-refractivity contribution in [3.05, 3.63) is 11.6 Å². The average molecular weight is 225 g/mol. The molecule has 0 saturated heterocycles. The third kappa shape index (κ3) is 4.28. The Labute approximate surface area is 97.9 Å². The summed E-state index contributed by atoms with van der Waals surface area (Å²) in [5, 5.41) is 11.5. The maximum absolute atomic E-state index is 4.10. The van der Waals surface area contributed by atoms with E-state index in [-0.39, 0.29) is 0 Å². The molecule has 0 aliphatic carbocycles. The van der Waals surface area contributed by atoms with E-state index < -0.39 is 0 Å². The number of aromatic nitrogens is 3. The van der Waals surface area contributed by atoms with Crippen LogP contribution in [0.25, 0.3) is 0 Å². The second-order valence-corrected chi connectivity index (χ2v) is 4.41. The van der Waals surface area contributed by atoms with Crippen molar-refractivity contribution in [3.63, 3.8) is 0 Å². The summed E-state index contributed by atoms with van der Waals surface area (Å²) in [7, 11) is 6.21. The molecular formula is C11H23N5. The molecule has 1 aromatic rings. The van der Waals surface area contributed by atoms with Gasteiger partial charge in [-0.1, -0.05) is 0 Å². The SMILES string of the molecule is Cc1nnc(CNCCCCN(C)C)n1C. The van der Waals surface area contributed by atoms with Crippen LogP contribution in [-0.4, -0.2) is 46.8 Å². The van der Waals surface area contributed by atoms with Gasteiger partial charge in [-0.3, -0.25) is 0 Å². The van der Waals surface area contributed by atoms with Crippen molar-refractivity contribution in [2.24, 2.45) is 7.05 Å². The fraction of sp³-hybridized carbons (Fsp3) is 0.818. The Bertz CT molecular complexity index is 305. The molecule has 5 nitrogen and oxygen atoms in total. The van der Waals surface area contributed by atoms with Crippen molar-refractivity contribution in [1.82, 2.24) is 25.0 Å². The Hall–Kier alpha value is -0.940. The first kappa shape index (κ1) is 13.1. The van der Waals surface area contributed by atoms with Gasteiger partial charge >= 0.3 is 0 Å². The van der Waals surface area contributed by atoms with E-state index in [0.29, 0.717) is 0 Å². The fourth-order valence-electron chi connectivity index (χ4n) is 1.48. The highest BCUT2D eigenvalue weighted by Crippen LogP contribution is 1.97. The number of unbranched alkanes of at least 4 members (excludes halogenated alkanes) is 1. The Morgan fingerprint density at radius 1 is 1.25 bits per heavy atom. The normalized spacial score (nSPS) is 11.3. The molecule has 0 spiro atoms. The first-order valence-corrected chi connectivity index (χ1v) is 5.81. The van der Waals surface area contributed by atoms with Gasteiger partial charge in [-0.2, -0.15) is 0 Å². The molecule has 1 N–H and O–H groups in total. The molecule has 0 bridgehead atoms. The van der Waals surface area contributed by atoms with Crippen molar-refractivity contribution < 1.29 is 0 Å². The van der Waals surface area contributed by atoms with Gasteiger partial charge in [0.15, 0.2) is 0 Å². The van der Waals surface area contributed by atoms with Crippen molar-refractivity contribution in [2.75, 3.05) is 27.2 Å². The molecule has 0 fully saturated rings. The standard InChI is InChI=1S/C11H23N5/c1-10-13-14-11(16(10)4)9-12-7-5-6-8-15(2)3/h12H,5-9H2,1-4H3. The predicted octanol–water partition coefficient (Wildman–Crippen LogP) is 0.555. The lowest BCUT2D eigenvalue weighted by Crippen LogP contribution is -2.19. The van der Waals surface area contributed by atoms with Crippen LogP contribution in [0.3, 0.4) is 0 Å². The van der Waals surface area contributed by atoms with E-state index in [4.69, 9.17) is 0 Å². The molecule has 0 radical (unpaired) electrons. The van der Waals surface area contributed by atoms with Gasteiger partial charge in [0.25, 0.3) is 0 Å². The molecule has 0 saturated carbocycles. The van der Waals surface area contributed by atoms with Crippen LogP contribution in [-0.2, 0) is 13.6 Å². The topological polar surface area (TPSA) is 46.0 Å². The summed E-state index contributed by atoms with van der Waals surface area (Å²) in [6.07, 6.45) is 2.44. The lowest BCUT2D eigenvalue weighted by atomic mass is 10.3. The summed E-state index contributed by atoms with van der Waals surface area (Å²) in [5.41, 5.74) is 0. The van der Waals surface area contributed by atoms with Gasteiger partial charge in [0.05, 0.1) is 6.54 Å². The zero-order valence-electron chi connectivity index (χ0n) is 10.8. The number of nitrogens with one attached hydrogen (secondary N) is 1. The number of hydrogen-bond donors (Lipinski definition) is 1. The molecule has 1 heterocycles. The molecule has 92 valence electrons. The first-order valence-electron chi connectivity index (χ1n) is 5.81. The van der Waals surface area contributed by atoms with E-state index in [1.54, 1.807) is 0 Å². The van der Waals surface area contributed by atoms with E-state index >= 15 is 0 Å². The second-order valence-electron chi connectivity index (χ2n) is 4.41. The van der Waals surface area contributed by atoms with Gasteiger partial charge in [0, 0.05) is 7.05 Å². The monoisotopic (exact) mass is 225 g/mol. The van der Waals surface area contributed by atoms with Crippen LogP contribution >= 0.6 is 0 Å². The third-order valence-corrected chi connectivity index (χ3v) is 2.67. The molecule has 1 rings (SSSR count). The van der Waals surface area contributed by atoms with Crippen LogP contribution in [0.1, 0.15) is 24.5 Å². The molecule has 0 aliphatic rings. The maximum atomic E-state index is 4.10. The Morgan fingerprint density at radius 3 is 2.56 bits per heavy atom. The summed E-state index contributed by atoms with van der Waals surface area (Å²) in [4.78, 5) is 2.21. The largest absolute Gasteiger partial charge is 0.317 e. The van der Waals surface area contributed by atoms with Crippen LogP contribution in [0, 0.1) is 6.92 Å². The highest BCUT2D eigenvalue weighted by molar-refractivity contribution is 4.91. The molecule has 0 amide bonds. The first-order chi connectivity index (χ1) is 7.61. The molecular weight excluding hydrogens is 202 g/mol. The molecule has 5 heteroatoms. The quantitative estimate of drug-likeness (QED) is 0.689. The van der Waals surface area contributed by atoms with Gasteiger partial charge in [-0.25, -0.2) is 0 Å². The average Bonchev–Trinajstić information content (AvgIpc) is 2.54. The van der Waals surface area contributed by atoms with E-state index in [1.165, 1.54) is 12.8 Å². The van der Waals surface area contributed by atoms with Gasteiger partial charge in [0.2, 0.25) is 0 Å². The number of hydrogen-bond acceptors (Lipinski definition) is 4. The Morgan fingerprint density at radius 2 is 2.00 bits per heavy atom. The zero-order chi connectivity index (χ0) is 12.0. The van der Waals surface area contributed by atoms with Crippen molar-refractivity contribution in [1.29, 1.82) is 0 Å². The minimum Gasteiger partial charge on any atom is -0.317 e. The van der Waals surface area contributed by atoms with Crippen molar-refractivity contribution in [3.8, 4) is 0 Å². The highest BCUT2D eigenvalue weighted by atomic mass is 15.3. The van der Waals surface area contributed by atoms with Crippen LogP contribution in [0.15, 0.2) is 0 Å². The van der Waals surface area contributed by atoms with Gasteiger partial charge in [0.1, 0.15) is 11.6 Å². The van der Waals surface area contributed by atoms with E-state index in [1.807, 2.05) is 18.5 Å². The van der Waals surface area contributed by atoms with Gasteiger partial charge in [-0.15, -0.1) is 10.2 Å². The lowest BCUT2D eigenvalue weighted by Gasteiger charge is -2.09. The Kier molecular flexibility index (Phi) is 5.42. The molecule has 0 unspecified atom stereocenters. The highest BCUT2D eigenvalue weighted by Gasteiger charge is 2.03. The minimum absolute atomic E-state index is 0.805. The van der Waals surface area contributed by atoms with Crippen LogP contribution in [0.4, 0.5) is 0 Å². The maximum Gasteiger partial charge on any atom is 0.146 e. The molecule has 0 aromatic carbocycles. The fourth-order valence-corrected chi connectivity index (χ4v) is 1.48. The summed E-state index contributed by atoms with van der Waals surface area (Å²) < 4.78 is 2.02. The number of rotatable bonds is 7. The van der Waals surface area contributed by atoms with Crippen LogP contribution in [0.5, 0.6) is 0 Å². The third-order valence-electron chi connectivity index (χ3n) is 2.67. The zero-order valence-corrected chi connectivity index (χ0v) is 10.8. The number of aryl methyl sites for hydroxylation is 1. The molecule has 1 aromatic heterocycles. The Balaban J connectivity index is 2.10. The van der Waals surface area contributed by atoms with E-state index in [9.17, 15) is 0 Å². The van der Waals surface area contributed by atoms with Crippen LogP contribution in [0.2, 0.25) is 0 Å². The summed E-state index contributed by atoms with van der Waals surface area (Å²) in [6.45, 7) is 4.97. The predicted molar refractivity (Wildman–Crippen MR) is 65.2 cm³/mol. The van der Waals surface area contributed by atoms with Crippen molar-refractivity contribution >= 4 is 0 Å². The van der Waals surface area contributed by atoms with Crippen molar-refractivity contribution in [2.45, 2.75) is 26.3 Å². The summed E-state index contributed by atoms with van der Waals surface area (Å²) in [5.74, 6) is 1.97. The molecule has 0 atom stereocenters. The summed E-state index contributed by atoms with van der Waals surface area (Å²) >= 11 is 0. The van der Waals surface area contributed by atoms with Crippen LogP contribution < -0.4 is 5.32 Å². The van der Waals surface area contributed by atoms with E-state index in [0.717, 1.165) is 31.3 Å². The summed E-state index contributed by atoms with van der Waals surface area (Å²) in [6, 6.07) is 0.